The summed E-state index contributed by atoms with van der Waals surface area (Å²) in [6, 6.07) is 16.3. The fourth-order valence-corrected chi connectivity index (χ4v) is 3.05. The topological polar surface area (TPSA) is 70.0 Å². The molecule has 0 atom stereocenters. The van der Waals surface area contributed by atoms with Gasteiger partial charge in [-0.1, -0.05) is 29.4 Å². The van der Waals surface area contributed by atoms with Crippen LogP contribution < -0.4 is 9.47 Å². The minimum Gasteiger partial charge on any atom is -0.493 e. The molecule has 0 radical (unpaired) electrons. The van der Waals surface area contributed by atoms with Gasteiger partial charge in [0.2, 0.25) is 0 Å². The Morgan fingerprint density at radius 1 is 0.889 bits per heavy atom. The van der Waals surface area contributed by atoms with Gasteiger partial charge in [-0.05, 0) is 30.3 Å². The van der Waals surface area contributed by atoms with Crippen molar-refractivity contribution in [3.05, 3.63) is 77.5 Å². The Kier molecular flexibility index (Phi) is 4.30. The molecule has 0 saturated carbocycles. The molecule has 6 nitrogen and oxygen atoms in total. The lowest BCUT2D eigenvalue weighted by Crippen LogP contribution is -2.06. The molecule has 0 bridgehead atoms. The molecule has 0 unspecified atom stereocenters. The average Bonchev–Trinajstić information content (AvgIpc) is 3.05. The highest BCUT2D eigenvalue weighted by molar-refractivity contribution is 6.23. The van der Waals surface area contributed by atoms with E-state index in [1.807, 2.05) is 36.4 Å². The lowest BCUT2D eigenvalue weighted by Gasteiger charge is -2.08. The number of hydrogen-bond donors (Lipinski definition) is 0. The monoisotopic (exact) mass is 360 g/mol. The van der Waals surface area contributed by atoms with Gasteiger partial charge in [-0.3, -0.25) is 4.98 Å². The minimum atomic E-state index is -0.585. The Bertz CT molecular complexity index is 1010. The van der Waals surface area contributed by atoms with Crippen molar-refractivity contribution in [3.8, 4) is 22.8 Å². The SMILES string of the molecule is COc1ccc(C(=O)O/N=C2/c3ccccc3-c3ncccc32)cc1OC. The standard InChI is InChI=1S/C21H16N2O4/c1-25-17-10-9-13(12-18(17)26-2)21(24)27-23-20-15-7-4-3-6-14(15)19-16(20)8-5-11-22-19/h3-12H,1-2H3/b23-20-. The van der Waals surface area contributed by atoms with Crippen LogP contribution in [0.1, 0.15) is 21.5 Å². The molecular formula is C21H16N2O4. The molecule has 4 rings (SSSR count). The molecule has 1 aliphatic rings. The van der Waals surface area contributed by atoms with Gasteiger partial charge in [0.25, 0.3) is 0 Å². The summed E-state index contributed by atoms with van der Waals surface area (Å²) in [4.78, 5) is 22.1. The van der Waals surface area contributed by atoms with Gasteiger partial charge in [0.1, 0.15) is 5.71 Å². The van der Waals surface area contributed by atoms with Gasteiger partial charge in [-0.15, -0.1) is 0 Å². The van der Waals surface area contributed by atoms with Crippen LogP contribution in [0.25, 0.3) is 11.3 Å². The molecule has 0 aliphatic heterocycles. The number of nitrogens with zero attached hydrogens (tertiary/aromatic N) is 2. The van der Waals surface area contributed by atoms with Crippen LogP contribution in [0.2, 0.25) is 0 Å². The van der Waals surface area contributed by atoms with Crippen LogP contribution in [0.3, 0.4) is 0 Å². The second kappa shape index (κ2) is 6.92. The van der Waals surface area contributed by atoms with Crippen molar-refractivity contribution in [1.29, 1.82) is 0 Å². The lowest BCUT2D eigenvalue weighted by atomic mass is 10.1. The van der Waals surface area contributed by atoms with E-state index >= 15 is 0 Å². The van der Waals surface area contributed by atoms with Gasteiger partial charge < -0.3 is 14.3 Å². The number of ether oxygens (including phenoxy) is 2. The van der Waals surface area contributed by atoms with Gasteiger partial charge in [0, 0.05) is 22.9 Å². The third kappa shape index (κ3) is 2.91. The zero-order chi connectivity index (χ0) is 18.8. The summed E-state index contributed by atoms with van der Waals surface area (Å²) in [5.74, 6) is 0.392. The molecule has 27 heavy (non-hydrogen) atoms. The van der Waals surface area contributed by atoms with Crippen LogP contribution in [0.4, 0.5) is 0 Å². The largest absolute Gasteiger partial charge is 0.493 e. The highest BCUT2D eigenvalue weighted by Crippen LogP contribution is 2.35. The first-order chi connectivity index (χ1) is 13.2. The zero-order valence-corrected chi connectivity index (χ0v) is 14.8. The molecule has 6 heteroatoms. The molecule has 1 aliphatic carbocycles. The fraction of sp³-hybridized carbons (Fsp3) is 0.0952. The number of methoxy groups -OCH3 is 2. The van der Waals surface area contributed by atoms with Gasteiger partial charge in [0.05, 0.1) is 25.5 Å². The molecule has 3 aromatic rings. The first-order valence-electron chi connectivity index (χ1n) is 8.29. The van der Waals surface area contributed by atoms with E-state index in [9.17, 15) is 4.79 Å². The first kappa shape index (κ1) is 16.8. The Morgan fingerprint density at radius 3 is 2.41 bits per heavy atom. The predicted molar refractivity (Wildman–Crippen MR) is 100 cm³/mol. The number of benzene rings is 2. The van der Waals surface area contributed by atoms with Crippen molar-refractivity contribution in [2.24, 2.45) is 5.16 Å². The van der Waals surface area contributed by atoms with Crippen LogP contribution in [0, 0.1) is 0 Å². The summed E-state index contributed by atoms with van der Waals surface area (Å²) in [6.07, 6.45) is 1.73. The van der Waals surface area contributed by atoms with E-state index in [2.05, 4.69) is 10.1 Å². The molecule has 0 fully saturated rings. The number of rotatable bonds is 4. The van der Waals surface area contributed by atoms with E-state index in [-0.39, 0.29) is 0 Å². The predicted octanol–water partition coefficient (Wildman–Crippen LogP) is 3.69. The van der Waals surface area contributed by atoms with Crippen LogP contribution in [0.15, 0.2) is 65.9 Å². The maximum absolute atomic E-state index is 12.5. The molecular weight excluding hydrogens is 344 g/mol. The van der Waals surface area contributed by atoms with Crippen molar-refractivity contribution in [2.75, 3.05) is 14.2 Å². The molecule has 1 aromatic heterocycles. The van der Waals surface area contributed by atoms with Gasteiger partial charge in [-0.2, -0.15) is 0 Å². The maximum Gasteiger partial charge on any atom is 0.365 e. The van der Waals surface area contributed by atoms with Crippen molar-refractivity contribution in [1.82, 2.24) is 4.98 Å². The molecule has 0 N–H and O–H groups in total. The molecule has 2 aromatic carbocycles. The third-order valence-electron chi connectivity index (χ3n) is 4.34. The van der Waals surface area contributed by atoms with Crippen molar-refractivity contribution >= 4 is 11.7 Å². The zero-order valence-electron chi connectivity index (χ0n) is 14.8. The highest BCUT2D eigenvalue weighted by atomic mass is 16.7. The highest BCUT2D eigenvalue weighted by Gasteiger charge is 2.26. The smallest absolute Gasteiger partial charge is 0.365 e. The summed E-state index contributed by atoms with van der Waals surface area (Å²) >= 11 is 0. The van der Waals surface area contributed by atoms with E-state index < -0.39 is 5.97 Å². The Hall–Kier alpha value is -3.67. The minimum absolute atomic E-state index is 0.315. The average molecular weight is 360 g/mol. The van der Waals surface area contributed by atoms with Crippen molar-refractivity contribution in [2.45, 2.75) is 0 Å². The van der Waals surface area contributed by atoms with E-state index in [1.54, 1.807) is 24.4 Å². The van der Waals surface area contributed by atoms with E-state index in [0.29, 0.717) is 22.8 Å². The van der Waals surface area contributed by atoms with Crippen LogP contribution in [-0.2, 0) is 4.84 Å². The number of fused-ring (bicyclic) bond motifs is 3. The summed E-state index contributed by atoms with van der Waals surface area (Å²) in [7, 11) is 3.04. The number of hydrogen-bond acceptors (Lipinski definition) is 6. The summed E-state index contributed by atoms with van der Waals surface area (Å²) in [5.41, 5.74) is 4.41. The number of oxime groups is 1. The normalized spacial score (nSPS) is 13.0. The number of pyridine rings is 1. The Balaban J connectivity index is 1.66. The molecule has 134 valence electrons. The number of carbonyl (C=O) groups is 1. The lowest BCUT2D eigenvalue weighted by molar-refractivity contribution is 0.0516. The maximum atomic E-state index is 12.5. The van der Waals surface area contributed by atoms with E-state index in [4.69, 9.17) is 14.3 Å². The van der Waals surface area contributed by atoms with Gasteiger partial charge >= 0.3 is 5.97 Å². The Morgan fingerprint density at radius 2 is 1.63 bits per heavy atom. The second-order valence-corrected chi connectivity index (χ2v) is 5.83. The Labute approximate surface area is 156 Å². The summed E-state index contributed by atoms with van der Waals surface area (Å²) in [5, 5.41) is 4.14. The molecule has 0 saturated heterocycles. The van der Waals surface area contributed by atoms with E-state index in [0.717, 1.165) is 22.4 Å². The van der Waals surface area contributed by atoms with Crippen molar-refractivity contribution in [3.63, 3.8) is 0 Å². The molecule has 0 spiro atoms. The summed E-state index contributed by atoms with van der Waals surface area (Å²) < 4.78 is 10.4. The molecule has 0 amide bonds. The third-order valence-corrected chi connectivity index (χ3v) is 4.34. The number of carbonyl (C=O) groups excluding carboxylic acids is 1. The van der Waals surface area contributed by atoms with Crippen LogP contribution in [0.5, 0.6) is 11.5 Å². The summed E-state index contributed by atoms with van der Waals surface area (Å²) in [6.45, 7) is 0. The van der Waals surface area contributed by atoms with Gasteiger partial charge in [-0.25, -0.2) is 4.79 Å². The van der Waals surface area contributed by atoms with Crippen LogP contribution in [-0.4, -0.2) is 30.9 Å². The quantitative estimate of drug-likeness (QED) is 0.410. The second-order valence-electron chi connectivity index (χ2n) is 5.83. The fourth-order valence-electron chi connectivity index (χ4n) is 3.05. The van der Waals surface area contributed by atoms with Gasteiger partial charge in [0.15, 0.2) is 11.5 Å². The molecule has 1 heterocycles. The number of aromatic nitrogens is 1. The van der Waals surface area contributed by atoms with E-state index in [1.165, 1.54) is 14.2 Å². The first-order valence-corrected chi connectivity index (χ1v) is 8.29. The van der Waals surface area contributed by atoms with Crippen molar-refractivity contribution < 1.29 is 19.1 Å². The van der Waals surface area contributed by atoms with Crippen LogP contribution >= 0.6 is 0 Å².